The summed E-state index contributed by atoms with van der Waals surface area (Å²) in [6, 6.07) is 22.0. The topological polar surface area (TPSA) is 46.6 Å². The van der Waals surface area contributed by atoms with Crippen LogP contribution in [0, 0.1) is 0 Å². The molecule has 0 saturated heterocycles. The molecule has 0 aliphatic carbocycles. The summed E-state index contributed by atoms with van der Waals surface area (Å²) in [7, 11) is 0. The third-order valence-corrected chi connectivity index (χ3v) is 6.31. The number of carbonyl (C=O) groups is 2. The van der Waals surface area contributed by atoms with Crippen molar-refractivity contribution in [3.8, 4) is 16.9 Å². The highest BCUT2D eigenvalue weighted by Crippen LogP contribution is 2.30. The standard InChI is InChI=1S/C29H31NO3/c1-3-21-11-10-12-22(4-2)27(21)23-15-17-24(18-16-23)33-20-9-5-8-19-30-28(31)25-13-6-7-14-26(25)29(30)32/h6-7,10-18H,3-5,8-9,19-20H2,1-2H3. The van der Waals surface area contributed by atoms with Gasteiger partial charge in [0.2, 0.25) is 0 Å². The smallest absolute Gasteiger partial charge is 0.261 e. The first-order valence-electron chi connectivity index (χ1n) is 11.9. The molecule has 1 heterocycles. The van der Waals surface area contributed by atoms with Crippen molar-refractivity contribution in [1.29, 1.82) is 0 Å². The molecule has 33 heavy (non-hydrogen) atoms. The molecule has 1 aliphatic rings. The number of amides is 2. The molecule has 0 radical (unpaired) electrons. The van der Waals surface area contributed by atoms with Gasteiger partial charge in [-0.3, -0.25) is 14.5 Å². The van der Waals surface area contributed by atoms with Gasteiger partial charge in [-0.1, -0.05) is 56.3 Å². The number of hydrogen-bond acceptors (Lipinski definition) is 3. The molecule has 0 aromatic heterocycles. The third-order valence-electron chi connectivity index (χ3n) is 6.31. The van der Waals surface area contributed by atoms with Gasteiger partial charge in [0.05, 0.1) is 17.7 Å². The number of imide groups is 1. The van der Waals surface area contributed by atoms with Gasteiger partial charge in [-0.15, -0.1) is 0 Å². The van der Waals surface area contributed by atoms with Crippen molar-refractivity contribution >= 4 is 11.8 Å². The summed E-state index contributed by atoms with van der Waals surface area (Å²) in [5, 5.41) is 0. The summed E-state index contributed by atoms with van der Waals surface area (Å²) in [6.07, 6.45) is 4.59. The Kier molecular flexibility index (Phi) is 7.23. The highest BCUT2D eigenvalue weighted by molar-refractivity contribution is 6.21. The van der Waals surface area contributed by atoms with E-state index < -0.39 is 0 Å². The molecule has 0 bridgehead atoms. The van der Waals surface area contributed by atoms with Crippen LogP contribution in [0.15, 0.2) is 66.7 Å². The summed E-state index contributed by atoms with van der Waals surface area (Å²) in [6.45, 7) is 5.47. The Morgan fingerprint density at radius 2 is 1.30 bits per heavy atom. The number of ether oxygens (including phenoxy) is 1. The molecule has 1 aliphatic heterocycles. The minimum absolute atomic E-state index is 0.178. The van der Waals surface area contributed by atoms with E-state index in [-0.39, 0.29) is 11.8 Å². The van der Waals surface area contributed by atoms with Crippen LogP contribution in [0.4, 0.5) is 0 Å². The summed E-state index contributed by atoms with van der Waals surface area (Å²) < 4.78 is 5.93. The van der Waals surface area contributed by atoms with Gasteiger partial charge >= 0.3 is 0 Å². The second-order valence-corrected chi connectivity index (χ2v) is 8.40. The van der Waals surface area contributed by atoms with Crippen molar-refractivity contribution in [3.63, 3.8) is 0 Å². The van der Waals surface area contributed by atoms with Crippen molar-refractivity contribution in [2.75, 3.05) is 13.2 Å². The van der Waals surface area contributed by atoms with Crippen LogP contribution in [-0.4, -0.2) is 29.9 Å². The second-order valence-electron chi connectivity index (χ2n) is 8.40. The van der Waals surface area contributed by atoms with Gasteiger partial charge in [0.15, 0.2) is 0 Å². The molecule has 4 heteroatoms. The number of benzene rings is 3. The average molecular weight is 442 g/mol. The van der Waals surface area contributed by atoms with Gasteiger partial charge in [0.1, 0.15) is 5.75 Å². The SMILES string of the molecule is CCc1cccc(CC)c1-c1ccc(OCCCCCN2C(=O)c3ccccc3C2=O)cc1. The zero-order chi connectivity index (χ0) is 23.2. The van der Waals surface area contributed by atoms with Gasteiger partial charge < -0.3 is 4.74 Å². The van der Waals surface area contributed by atoms with E-state index in [9.17, 15) is 9.59 Å². The molecule has 0 fully saturated rings. The number of fused-ring (bicyclic) bond motifs is 1. The number of hydrogen-bond donors (Lipinski definition) is 0. The lowest BCUT2D eigenvalue weighted by Crippen LogP contribution is -2.30. The van der Waals surface area contributed by atoms with Crippen LogP contribution in [0.2, 0.25) is 0 Å². The van der Waals surface area contributed by atoms with Crippen molar-refractivity contribution in [2.24, 2.45) is 0 Å². The summed E-state index contributed by atoms with van der Waals surface area (Å²) in [5.41, 5.74) is 6.37. The fourth-order valence-electron chi connectivity index (χ4n) is 4.51. The van der Waals surface area contributed by atoms with Gasteiger partial charge in [0, 0.05) is 6.54 Å². The van der Waals surface area contributed by atoms with Crippen molar-refractivity contribution in [2.45, 2.75) is 46.0 Å². The second kappa shape index (κ2) is 10.5. The number of carbonyl (C=O) groups excluding carboxylic acids is 2. The minimum atomic E-state index is -0.178. The molecule has 0 spiro atoms. The average Bonchev–Trinajstić information content (AvgIpc) is 3.10. The van der Waals surface area contributed by atoms with Crippen LogP contribution in [0.3, 0.4) is 0 Å². The fourth-order valence-corrected chi connectivity index (χ4v) is 4.51. The Hall–Kier alpha value is -3.40. The maximum absolute atomic E-state index is 12.4. The first-order chi connectivity index (χ1) is 16.1. The van der Waals surface area contributed by atoms with E-state index in [4.69, 9.17) is 4.74 Å². The highest BCUT2D eigenvalue weighted by atomic mass is 16.5. The minimum Gasteiger partial charge on any atom is -0.494 e. The summed E-state index contributed by atoms with van der Waals surface area (Å²) in [5.74, 6) is 0.511. The molecule has 0 atom stereocenters. The van der Waals surface area contributed by atoms with Crippen LogP contribution >= 0.6 is 0 Å². The Morgan fingerprint density at radius 3 is 1.88 bits per heavy atom. The van der Waals surface area contributed by atoms with Gasteiger partial charge in [0.25, 0.3) is 11.8 Å². The molecule has 4 rings (SSSR count). The van der Waals surface area contributed by atoms with Crippen molar-refractivity contribution in [1.82, 2.24) is 4.90 Å². The molecule has 170 valence electrons. The van der Waals surface area contributed by atoms with E-state index in [1.54, 1.807) is 24.3 Å². The molecule has 4 nitrogen and oxygen atoms in total. The number of rotatable bonds is 10. The molecule has 0 N–H and O–H groups in total. The number of unbranched alkanes of at least 4 members (excludes halogenated alkanes) is 2. The third kappa shape index (κ3) is 4.85. The largest absolute Gasteiger partial charge is 0.494 e. The highest BCUT2D eigenvalue weighted by Gasteiger charge is 2.34. The zero-order valence-electron chi connectivity index (χ0n) is 19.5. The molecule has 3 aromatic rings. The lowest BCUT2D eigenvalue weighted by Gasteiger charge is -2.14. The van der Waals surface area contributed by atoms with Crippen LogP contribution in [0.25, 0.3) is 11.1 Å². The van der Waals surface area contributed by atoms with Gasteiger partial charge in [-0.25, -0.2) is 0 Å². The van der Waals surface area contributed by atoms with E-state index in [0.29, 0.717) is 24.3 Å². The van der Waals surface area contributed by atoms with Gasteiger partial charge in [-0.2, -0.15) is 0 Å². The van der Waals surface area contributed by atoms with E-state index >= 15 is 0 Å². The molecule has 0 saturated carbocycles. The molecule has 3 aromatic carbocycles. The van der Waals surface area contributed by atoms with Crippen LogP contribution in [-0.2, 0) is 12.8 Å². The number of nitrogens with zero attached hydrogens (tertiary/aromatic N) is 1. The lowest BCUT2D eigenvalue weighted by atomic mass is 9.92. The predicted molar refractivity (Wildman–Crippen MR) is 132 cm³/mol. The van der Waals surface area contributed by atoms with Crippen LogP contribution in [0.1, 0.15) is 65.0 Å². The molecular formula is C29H31NO3. The normalized spacial score (nSPS) is 12.8. The van der Waals surface area contributed by atoms with Crippen molar-refractivity contribution in [3.05, 3.63) is 89.0 Å². The zero-order valence-corrected chi connectivity index (χ0v) is 19.5. The Balaban J connectivity index is 1.24. The Labute approximate surface area is 196 Å². The molecule has 2 amide bonds. The Bertz CT molecular complexity index is 1080. The molecule has 0 unspecified atom stereocenters. The van der Waals surface area contributed by atoms with Crippen LogP contribution in [0.5, 0.6) is 5.75 Å². The Morgan fingerprint density at radius 1 is 0.697 bits per heavy atom. The van der Waals surface area contributed by atoms with Crippen LogP contribution < -0.4 is 4.74 Å². The first-order valence-corrected chi connectivity index (χ1v) is 11.9. The van der Waals surface area contributed by atoms with E-state index in [0.717, 1.165) is 37.9 Å². The fraction of sp³-hybridized carbons (Fsp3) is 0.310. The summed E-state index contributed by atoms with van der Waals surface area (Å²) >= 11 is 0. The molecular weight excluding hydrogens is 410 g/mol. The van der Waals surface area contributed by atoms with E-state index in [1.807, 2.05) is 12.1 Å². The number of aryl methyl sites for hydroxylation is 2. The lowest BCUT2D eigenvalue weighted by molar-refractivity contribution is 0.0651. The van der Waals surface area contributed by atoms with E-state index in [1.165, 1.54) is 27.2 Å². The van der Waals surface area contributed by atoms with E-state index in [2.05, 4.69) is 44.2 Å². The first kappa shape index (κ1) is 22.8. The monoisotopic (exact) mass is 441 g/mol. The maximum Gasteiger partial charge on any atom is 0.261 e. The van der Waals surface area contributed by atoms with Gasteiger partial charge in [-0.05, 0) is 78.6 Å². The maximum atomic E-state index is 12.4. The predicted octanol–water partition coefficient (Wildman–Crippen LogP) is 6.32. The summed E-state index contributed by atoms with van der Waals surface area (Å²) in [4.78, 5) is 26.2. The quantitative estimate of drug-likeness (QED) is 0.273. The van der Waals surface area contributed by atoms with Crippen molar-refractivity contribution < 1.29 is 14.3 Å².